The van der Waals surface area contributed by atoms with Gasteiger partial charge in [-0.05, 0) is 50.1 Å². The van der Waals surface area contributed by atoms with Gasteiger partial charge >= 0.3 is 5.69 Å². The van der Waals surface area contributed by atoms with Crippen LogP contribution in [-0.2, 0) is 23.1 Å². The number of benzene rings is 1. The molecule has 13 heteroatoms. The number of sulfonamides is 1. The number of nitrogens with zero attached hydrogens (tertiary/aromatic N) is 3. The van der Waals surface area contributed by atoms with E-state index in [1.165, 1.54) is 29.8 Å². The van der Waals surface area contributed by atoms with E-state index in [1.54, 1.807) is 51.2 Å². The quantitative estimate of drug-likeness (QED) is 0.320. The number of fused-ring (bicyclic) bond motifs is 1. The van der Waals surface area contributed by atoms with Crippen LogP contribution in [-0.4, -0.2) is 41.4 Å². The Morgan fingerprint density at radius 2 is 1.84 bits per heavy atom. The molecule has 2 N–H and O–H groups in total. The third-order valence-corrected chi connectivity index (χ3v) is 8.53. The summed E-state index contributed by atoms with van der Waals surface area (Å²) in [4.78, 5) is 43.8. The van der Waals surface area contributed by atoms with E-state index in [1.807, 2.05) is 0 Å². The average Bonchev–Trinajstić information content (AvgIpc) is 3.34. The van der Waals surface area contributed by atoms with Crippen molar-refractivity contribution in [1.82, 2.24) is 24.0 Å². The standard InChI is InChI=1S/C25H27N5O6S2/c1-15(2)28-38(34,35)19-7-5-17(6-8-19)13-29-23(32)16(3)24-30(25(29)33)14-20(37-24)22(31)27-12-18-9-10-26-21(11-18)36-4/h5-11,14-15,28H,12-13H2,1-4H3,(H,27,31). The van der Waals surface area contributed by atoms with Crippen LogP contribution >= 0.6 is 11.3 Å². The molecule has 38 heavy (non-hydrogen) atoms. The Balaban J connectivity index is 1.59. The molecule has 4 aromatic rings. The molecule has 0 radical (unpaired) electrons. The number of hydrogen-bond acceptors (Lipinski definition) is 8. The summed E-state index contributed by atoms with van der Waals surface area (Å²) in [5.74, 6) is 0.0379. The second kappa shape index (κ2) is 10.9. The van der Waals surface area contributed by atoms with Crippen molar-refractivity contribution in [3.05, 3.63) is 91.2 Å². The zero-order chi connectivity index (χ0) is 27.6. The fourth-order valence-corrected chi connectivity index (χ4v) is 6.04. The highest BCUT2D eigenvalue weighted by Gasteiger charge is 2.19. The number of pyridine rings is 1. The van der Waals surface area contributed by atoms with Gasteiger partial charge in [-0.25, -0.2) is 22.9 Å². The third kappa shape index (κ3) is 5.69. The molecule has 3 heterocycles. The Morgan fingerprint density at radius 1 is 1.13 bits per heavy atom. The first-order chi connectivity index (χ1) is 18.0. The van der Waals surface area contributed by atoms with Gasteiger partial charge in [-0.2, -0.15) is 0 Å². The van der Waals surface area contributed by atoms with Crippen LogP contribution in [0.5, 0.6) is 5.88 Å². The maximum absolute atomic E-state index is 13.2. The summed E-state index contributed by atoms with van der Waals surface area (Å²) in [6.45, 7) is 5.22. The lowest BCUT2D eigenvalue weighted by molar-refractivity contribution is 0.0954. The number of aromatic nitrogens is 3. The lowest BCUT2D eigenvalue weighted by Crippen LogP contribution is -2.38. The highest BCUT2D eigenvalue weighted by atomic mass is 32.2. The van der Waals surface area contributed by atoms with E-state index in [-0.39, 0.29) is 34.8 Å². The number of amides is 1. The number of ether oxygens (including phenoxy) is 1. The molecule has 200 valence electrons. The molecule has 0 atom stereocenters. The molecule has 0 unspecified atom stereocenters. The molecule has 0 aliphatic carbocycles. The molecule has 0 aliphatic heterocycles. The Hall–Kier alpha value is -3.81. The average molecular weight is 558 g/mol. The van der Waals surface area contributed by atoms with Crippen molar-refractivity contribution < 1.29 is 17.9 Å². The van der Waals surface area contributed by atoms with Crippen molar-refractivity contribution in [1.29, 1.82) is 0 Å². The van der Waals surface area contributed by atoms with Gasteiger partial charge < -0.3 is 10.1 Å². The number of carbonyl (C=O) groups is 1. The number of methoxy groups -OCH3 is 1. The van der Waals surface area contributed by atoms with E-state index in [2.05, 4.69) is 15.0 Å². The normalized spacial score (nSPS) is 11.7. The molecule has 4 rings (SSSR count). The smallest absolute Gasteiger partial charge is 0.336 e. The summed E-state index contributed by atoms with van der Waals surface area (Å²) < 4.78 is 34.7. The third-order valence-electron chi connectivity index (χ3n) is 5.65. The highest BCUT2D eigenvalue weighted by molar-refractivity contribution is 7.89. The van der Waals surface area contributed by atoms with E-state index in [9.17, 15) is 22.8 Å². The van der Waals surface area contributed by atoms with Gasteiger partial charge in [-0.3, -0.25) is 18.6 Å². The van der Waals surface area contributed by atoms with E-state index < -0.39 is 21.3 Å². The van der Waals surface area contributed by atoms with Gasteiger partial charge in [0.2, 0.25) is 15.9 Å². The SMILES string of the molecule is COc1cc(CNC(=O)c2cn3c(=O)n(Cc4ccc(S(=O)(=O)NC(C)C)cc4)c(=O)c(C)c3s2)ccn1. The fraction of sp³-hybridized carbons (Fsp3) is 0.280. The van der Waals surface area contributed by atoms with Crippen molar-refractivity contribution in [3.8, 4) is 5.88 Å². The Bertz CT molecular complexity index is 1720. The Kier molecular flexibility index (Phi) is 7.81. The van der Waals surface area contributed by atoms with Crippen LogP contribution < -0.4 is 26.0 Å². The number of rotatable bonds is 9. The summed E-state index contributed by atoms with van der Waals surface area (Å²) in [5.41, 5.74) is 0.618. The number of nitrogens with one attached hydrogen (secondary N) is 2. The van der Waals surface area contributed by atoms with Gasteiger partial charge in [0.25, 0.3) is 11.5 Å². The monoisotopic (exact) mass is 557 g/mol. The van der Waals surface area contributed by atoms with Gasteiger partial charge in [0, 0.05) is 36.6 Å². The molecule has 3 aromatic heterocycles. The Labute approximate surface area is 222 Å². The first kappa shape index (κ1) is 27.2. The van der Waals surface area contributed by atoms with Crippen LogP contribution in [0.25, 0.3) is 4.83 Å². The molecule has 0 bridgehead atoms. The zero-order valence-electron chi connectivity index (χ0n) is 21.2. The second-order valence-corrected chi connectivity index (χ2v) is 11.6. The van der Waals surface area contributed by atoms with Crippen LogP contribution in [0.3, 0.4) is 0 Å². The minimum Gasteiger partial charge on any atom is -0.481 e. The molecule has 0 fully saturated rings. The summed E-state index contributed by atoms with van der Waals surface area (Å²) >= 11 is 1.05. The lowest BCUT2D eigenvalue weighted by Gasteiger charge is -2.11. The molecule has 0 spiro atoms. The zero-order valence-corrected chi connectivity index (χ0v) is 22.9. The largest absolute Gasteiger partial charge is 0.481 e. The topological polar surface area (TPSA) is 141 Å². The minimum absolute atomic E-state index is 0.0549. The predicted octanol–water partition coefficient (Wildman–Crippen LogP) is 1.90. The van der Waals surface area contributed by atoms with Crippen molar-refractivity contribution in [2.24, 2.45) is 0 Å². The van der Waals surface area contributed by atoms with Gasteiger partial charge in [0.15, 0.2) is 0 Å². The van der Waals surface area contributed by atoms with E-state index in [4.69, 9.17) is 4.74 Å². The maximum atomic E-state index is 13.2. The van der Waals surface area contributed by atoms with Gasteiger partial charge in [-0.1, -0.05) is 12.1 Å². The fourth-order valence-electron chi connectivity index (χ4n) is 3.79. The van der Waals surface area contributed by atoms with Crippen molar-refractivity contribution in [3.63, 3.8) is 0 Å². The van der Waals surface area contributed by atoms with Gasteiger partial charge in [0.1, 0.15) is 9.71 Å². The summed E-state index contributed by atoms with van der Waals surface area (Å²) in [7, 11) is -2.16. The molecular formula is C25H27N5O6S2. The summed E-state index contributed by atoms with van der Waals surface area (Å²) in [6.07, 6.45) is 2.99. The summed E-state index contributed by atoms with van der Waals surface area (Å²) in [5, 5.41) is 2.80. The van der Waals surface area contributed by atoms with Gasteiger partial charge in [0.05, 0.1) is 18.6 Å². The van der Waals surface area contributed by atoms with Crippen molar-refractivity contribution in [2.75, 3.05) is 7.11 Å². The molecule has 0 saturated heterocycles. The first-order valence-electron chi connectivity index (χ1n) is 11.6. The number of thiazole rings is 1. The summed E-state index contributed by atoms with van der Waals surface area (Å²) in [6, 6.07) is 9.17. The molecule has 0 saturated carbocycles. The molecule has 11 nitrogen and oxygen atoms in total. The number of hydrogen-bond donors (Lipinski definition) is 2. The lowest BCUT2D eigenvalue weighted by atomic mass is 10.2. The minimum atomic E-state index is -3.66. The first-order valence-corrected chi connectivity index (χ1v) is 13.9. The van der Waals surface area contributed by atoms with E-state index in [0.29, 0.717) is 21.8 Å². The predicted molar refractivity (Wildman–Crippen MR) is 144 cm³/mol. The van der Waals surface area contributed by atoms with Crippen molar-refractivity contribution in [2.45, 2.75) is 44.8 Å². The Morgan fingerprint density at radius 3 is 2.50 bits per heavy atom. The molecule has 1 aromatic carbocycles. The van der Waals surface area contributed by atoms with Crippen LogP contribution in [0, 0.1) is 6.92 Å². The van der Waals surface area contributed by atoms with E-state index in [0.717, 1.165) is 21.5 Å². The molecule has 1 amide bonds. The number of aryl methyl sites for hydroxylation is 1. The van der Waals surface area contributed by atoms with Crippen LogP contribution in [0.4, 0.5) is 0 Å². The van der Waals surface area contributed by atoms with Crippen LogP contribution in [0.2, 0.25) is 0 Å². The van der Waals surface area contributed by atoms with Crippen molar-refractivity contribution >= 4 is 32.1 Å². The second-order valence-electron chi connectivity index (χ2n) is 8.88. The van der Waals surface area contributed by atoms with Crippen LogP contribution in [0.15, 0.2) is 63.3 Å². The molecular weight excluding hydrogens is 530 g/mol. The highest BCUT2D eigenvalue weighted by Crippen LogP contribution is 2.19. The van der Waals surface area contributed by atoms with E-state index >= 15 is 0 Å². The maximum Gasteiger partial charge on any atom is 0.336 e. The number of carbonyl (C=O) groups excluding carboxylic acids is 1. The van der Waals surface area contributed by atoms with Crippen LogP contribution in [0.1, 0.15) is 40.2 Å². The van der Waals surface area contributed by atoms with Gasteiger partial charge in [-0.15, -0.1) is 11.3 Å². The molecule has 0 aliphatic rings.